The van der Waals surface area contributed by atoms with E-state index in [1.807, 2.05) is 18.2 Å². The predicted molar refractivity (Wildman–Crippen MR) is 79.9 cm³/mol. The summed E-state index contributed by atoms with van der Waals surface area (Å²) in [5, 5.41) is 11.3. The first-order valence-corrected chi connectivity index (χ1v) is 7.94. The van der Waals surface area contributed by atoms with E-state index >= 15 is 0 Å². The molecule has 0 saturated heterocycles. The van der Waals surface area contributed by atoms with Gasteiger partial charge in [-0.15, -0.1) is 0 Å². The molecule has 0 aliphatic heterocycles. The molecule has 1 fully saturated rings. The highest BCUT2D eigenvalue weighted by Crippen LogP contribution is 2.42. The summed E-state index contributed by atoms with van der Waals surface area (Å²) in [5.41, 5.74) is 0.872. The molecule has 0 amide bonds. The standard InChI is InChI=1S/C15H20BrClO/c1-2-10-6-3-4-7-11(10)15(18)12-8-5-9-13(16)14(12)17/h5,8-11,15,18H,2-4,6-7H2,1H3. The predicted octanol–water partition coefficient (Wildman–Crippen LogP) is 5.35. The Kier molecular flexibility index (Phi) is 5.11. The Morgan fingerprint density at radius 2 is 2.11 bits per heavy atom. The van der Waals surface area contributed by atoms with Crippen molar-refractivity contribution in [1.82, 2.24) is 0 Å². The highest BCUT2D eigenvalue weighted by molar-refractivity contribution is 9.10. The number of hydrogen-bond acceptors (Lipinski definition) is 1. The van der Waals surface area contributed by atoms with Gasteiger partial charge in [0.2, 0.25) is 0 Å². The van der Waals surface area contributed by atoms with Crippen LogP contribution in [0, 0.1) is 11.8 Å². The van der Waals surface area contributed by atoms with Gasteiger partial charge >= 0.3 is 0 Å². The molecule has 1 aliphatic carbocycles. The lowest BCUT2D eigenvalue weighted by molar-refractivity contribution is 0.0452. The van der Waals surface area contributed by atoms with E-state index in [9.17, 15) is 5.11 Å². The Labute approximate surface area is 123 Å². The molecule has 18 heavy (non-hydrogen) atoms. The van der Waals surface area contributed by atoms with Gasteiger partial charge in [-0.3, -0.25) is 0 Å². The van der Waals surface area contributed by atoms with Crippen molar-refractivity contribution in [2.24, 2.45) is 11.8 Å². The van der Waals surface area contributed by atoms with E-state index in [2.05, 4.69) is 22.9 Å². The van der Waals surface area contributed by atoms with Gasteiger partial charge in [-0.25, -0.2) is 0 Å². The van der Waals surface area contributed by atoms with Gasteiger partial charge in [0, 0.05) is 10.0 Å². The van der Waals surface area contributed by atoms with Crippen LogP contribution < -0.4 is 0 Å². The van der Waals surface area contributed by atoms with E-state index in [1.165, 1.54) is 19.3 Å². The largest absolute Gasteiger partial charge is 0.388 e. The summed E-state index contributed by atoms with van der Waals surface area (Å²) in [6.07, 6.45) is 5.59. The van der Waals surface area contributed by atoms with Gasteiger partial charge in [0.25, 0.3) is 0 Å². The second kappa shape index (κ2) is 6.40. The van der Waals surface area contributed by atoms with Crippen LogP contribution >= 0.6 is 27.5 Å². The summed E-state index contributed by atoms with van der Waals surface area (Å²) in [6, 6.07) is 5.80. The second-order valence-electron chi connectivity index (χ2n) is 5.20. The van der Waals surface area contributed by atoms with E-state index in [1.54, 1.807) is 0 Å². The fourth-order valence-electron chi connectivity index (χ4n) is 3.14. The molecule has 1 nitrogen and oxygen atoms in total. The van der Waals surface area contributed by atoms with E-state index in [4.69, 9.17) is 11.6 Å². The summed E-state index contributed by atoms with van der Waals surface area (Å²) in [4.78, 5) is 0. The molecule has 0 spiro atoms. The lowest BCUT2D eigenvalue weighted by Gasteiger charge is -2.34. The molecule has 0 bridgehead atoms. The second-order valence-corrected chi connectivity index (χ2v) is 6.44. The summed E-state index contributed by atoms with van der Waals surface area (Å²) >= 11 is 9.72. The van der Waals surface area contributed by atoms with E-state index in [0.29, 0.717) is 16.9 Å². The SMILES string of the molecule is CCC1CCCCC1C(O)c1cccc(Br)c1Cl. The Hall–Kier alpha value is -0.0500. The highest BCUT2D eigenvalue weighted by atomic mass is 79.9. The Bertz CT molecular complexity index is 407. The van der Waals surface area contributed by atoms with Crippen LogP contribution in [0.4, 0.5) is 0 Å². The maximum absolute atomic E-state index is 10.6. The molecule has 1 aromatic carbocycles. The third kappa shape index (κ3) is 2.92. The van der Waals surface area contributed by atoms with Gasteiger partial charge < -0.3 is 5.11 Å². The summed E-state index contributed by atoms with van der Waals surface area (Å²) in [5.74, 6) is 0.986. The lowest BCUT2D eigenvalue weighted by Crippen LogP contribution is -2.25. The molecule has 0 heterocycles. The molecule has 0 aromatic heterocycles. The molecule has 100 valence electrons. The maximum Gasteiger partial charge on any atom is 0.0835 e. The van der Waals surface area contributed by atoms with Gasteiger partial charge in [-0.1, -0.05) is 56.3 Å². The van der Waals surface area contributed by atoms with E-state index < -0.39 is 6.10 Å². The third-order valence-electron chi connectivity index (χ3n) is 4.20. The fourth-order valence-corrected chi connectivity index (χ4v) is 3.76. The summed E-state index contributed by atoms with van der Waals surface area (Å²) in [7, 11) is 0. The van der Waals surface area contributed by atoms with Gasteiger partial charge in [0.05, 0.1) is 11.1 Å². The number of benzene rings is 1. The van der Waals surface area contributed by atoms with Crippen molar-refractivity contribution >= 4 is 27.5 Å². The van der Waals surface area contributed by atoms with Gasteiger partial charge in [0.1, 0.15) is 0 Å². The zero-order valence-electron chi connectivity index (χ0n) is 10.7. The average Bonchev–Trinajstić information content (AvgIpc) is 2.41. The van der Waals surface area contributed by atoms with Crippen LogP contribution in [0.2, 0.25) is 5.02 Å². The van der Waals surface area contributed by atoms with Crippen molar-refractivity contribution in [3.05, 3.63) is 33.3 Å². The fraction of sp³-hybridized carbons (Fsp3) is 0.600. The summed E-state index contributed by atoms with van der Waals surface area (Å²) in [6.45, 7) is 2.22. The number of rotatable bonds is 3. The van der Waals surface area contributed by atoms with E-state index in [0.717, 1.165) is 22.9 Å². The van der Waals surface area contributed by atoms with Crippen molar-refractivity contribution in [3.63, 3.8) is 0 Å². The minimum absolute atomic E-state index is 0.357. The van der Waals surface area contributed by atoms with Crippen LogP contribution in [0.1, 0.15) is 50.7 Å². The van der Waals surface area contributed by atoms with Crippen molar-refractivity contribution in [2.75, 3.05) is 0 Å². The Morgan fingerprint density at radius 3 is 2.83 bits per heavy atom. The normalized spacial score (nSPS) is 26.0. The van der Waals surface area contributed by atoms with Crippen LogP contribution in [-0.4, -0.2) is 5.11 Å². The lowest BCUT2D eigenvalue weighted by atomic mass is 9.73. The topological polar surface area (TPSA) is 20.2 Å². The molecule has 1 saturated carbocycles. The molecule has 3 heteroatoms. The molecule has 1 aliphatic rings. The average molecular weight is 332 g/mol. The Morgan fingerprint density at radius 1 is 1.39 bits per heavy atom. The minimum Gasteiger partial charge on any atom is -0.388 e. The smallest absolute Gasteiger partial charge is 0.0835 e. The number of hydrogen-bond donors (Lipinski definition) is 1. The molecular weight excluding hydrogens is 312 g/mol. The molecule has 1 N–H and O–H groups in total. The Balaban J connectivity index is 2.23. The molecular formula is C15H20BrClO. The van der Waals surface area contributed by atoms with Gasteiger partial charge in [0.15, 0.2) is 0 Å². The first-order chi connectivity index (χ1) is 8.65. The number of aliphatic hydroxyl groups excluding tert-OH is 1. The molecule has 3 unspecified atom stereocenters. The monoisotopic (exact) mass is 330 g/mol. The molecule has 0 radical (unpaired) electrons. The van der Waals surface area contributed by atoms with Crippen molar-refractivity contribution in [3.8, 4) is 0 Å². The third-order valence-corrected chi connectivity index (χ3v) is 5.51. The van der Waals surface area contributed by atoms with Gasteiger partial charge in [-0.05, 0) is 40.3 Å². The quantitative estimate of drug-likeness (QED) is 0.791. The highest BCUT2D eigenvalue weighted by Gasteiger charge is 2.31. The van der Waals surface area contributed by atoms with Crippen LogP contribution in [0.3, 0.4) is 0 Å². The van der Waals surface area contributed by atoms with Crippen LogP contribution in [0.5, 0.6) is 0 Å². The first-order valence-electron chi connectivity index (χ1n) is 6.77. The zero-order chi connectivity index (χ0) is 13.1. The minimum atomic E-state index is -0.430. The number of aliphatic hydroxyl groups is 1. The molecule has 2 rings (SSSR count). The summed E-state index contributed by atoms with van der Waals surface area (Å²) < 4.78 is 0.865. The first kappa shape index (κ1) is 14.4. The van der Waals surface area contributed by atoms with E-state index in [-0.39, 0.29) is 0 Å². The van der Waals surface area contributed by atoms with Crippen LogP contribution in [0.25, 0.3) is 0 Å². The van der Waals surface area contributed by atoms with Gasteiger partial charge in [-0.2, -0.15) is 0 Å². The zero-order valence-corrected chi connectivity index (χ0v) is 13.0. The van der Waals surface area contributed by atoms with Crippen molar-refractivity contribution in [2.45, 2.75) is 45.1 Å². The van der Waals surface area contributed by atoms with Crippen molar-refractivity contribution in [1.29, 1.82) is 0 Å². The van der Waals surface area contributed by atoms with Crippen LogP contribution in [0.15, 0.2) is 22.7 Å². The maximum atomic E-state index is 10.6. The molecule has 3 atom stereocenters. The van der Waals surface area contributed by atoms with Crippen molar-refractivity contribution < 1.29 is 5.11 Å². The number of halogens is 2. The van der Waals surface area contributed by atoms with Crippen LogP contribution in [-0.2, 0) is 0 Å². The molecule has 1 aromatic rings.